The van der Waals surface area contributed by atoms with E-state index in [0.29, 0.717) is 5.02 Å². The molecule has 0 bridgehead atoms. The van der Waals surface area contributed by atoms with Crippen molar-refractivity contribution in [3.05, 3.63) is 54.6 Å². The van der Waals surface area contributed by atoms with Crippen LogP contribution in [0.5, 0.6) is 0 Å². The van der Waals surface area contributed by atoms with Gasteiger partial charge in [0.2, 0.25) is 21.8 Å². The lowest BCUT2D eigenvalue weighted by Gasteiger charge is -2.21. The Labute approximate surface area is 152 Å². The first-order chi connectivity index (χ1) is 11.8. The lowest BCUT2D eigenvalue weighted by molar-refractivity contribution is -0.123. The molecule has 0 aliphatic heterocycles. The van der Waals surface area contributed by atoms with Crippen molar-refractivity contribution >= 4 is 33.4 Å². The summed E-state index contributed by atoms with van der Waals surface area (Å²) in [6, 6.07) is 5.46. The second-order valence-electron chi connectivity index (χ2n) is 4.91. The molecule has 1 aromatic rings. The van der Waals surface area contributed by atoms with E-state index in [9.17, 15) is 18.0 Å². The molecule has 1 aromatic carbocycles. The summed E-state index contributed by atoms with van der Waals surface area (Å²) in [5.74, 6) is -1.09. The molecule has 25 heavy (non-hydrogen) atoms. The summed E-state index contributed by atoms with van der Waals surface area (Å²) in [5, 5.41) is 5.33. The van der Waals surface area contributed by atoms with E-state index in [1.165, 1.54) is 36.4 Å². The maximum absolute atomic E-state index is 12.7. The maximum atomic E-state index is 12.7. The quantitative estimate of drug-likeness (QED) is 0.586. The number of nitrogens with one attached hydrogen (secondary N) is 2. The molecule has 0 heterocycles. The Kier molecular flexibility index (Phi) is 8.33. The Balaban J connectivity index is 3.03. The van der Waals surface area contributed by atoms with Gasteiger partial charge in [0.25, 0.3) is 0 Å². The minimum Gasteiger partial charge on any atom is -0.351 e. The van der Waals surface area contributed by atoms with Crippen molar-refractivity contribution in [2.45, 2.75) is 4.90 Å². The van der Waals surface area contributed by atoms with E-state index in [4.69, 9.17) is 11.6 Å². The van der Waals surface area contributed by atoms with Gasteiger partial charge in [0.1, 0.15) is 0 Å². The fourth-order valence-corrected chi connectivity index (χ4v) is 3.26. The second-order valence-corrected chi connectivity index (χ2v) is 7.29. The van der Waals surface area contributed by atoms with Crippen LogP contribution in [0.2, 0.25) is 5.02 Å². The first-order valence-corrected chi connectivity index (χ1v) is 9.14. The van der Waals surface area contributed by atoms with Gasteiger partial charge in [-0.15, -0.1) is 13.2 Å². The summed E-state index contributed by atoms with van der Waals surface area (Å²) in [7, 11) is -4.06. The molecule has 0 saturated carbocycles. The van der Waals surface area contributed by atoms with Crippen LogP contribution in [0.25, 0.3) is 0 Å². The van der Waals surface area contributed by atoms with Crippen LogP contribution < -0.4 is 10.6 Å². The number of benzene rings is 1. The van der Waals surface area contributed by atoms with E-state index in [0.717, 1.165) is 4.31 Å². The zero-order valence-corrected chi connectivity index (χ0v) is 15.1. The van der Waals surface area contributed by atoms with Gasteiger partial charge in [0.05, 0.1) is 18.0 Å². The average molecular weight is 386 g/mol. The number of hydrogen-bond donors (Lipinski definition) is 2. The summed E-state index contributed by atoms with van der Waals surface area (Å²) in [6.07, 6.45) is 2.93. The molecule has 136 valence electrons. The first kappa shape index (κ1) is 20.9. The number of amides is 2. The fraction of sp³-hybridized carbons (Fsp3) is 0.250. The highest BCUT2D eigenvalue weighted by Gasteiger charge is 2.28. The lowest BCUT2D eigenvalue weighted by Crippen LogP contribution is -2.45. The van der Waals surface area contributed by atoms with Crippen LogP contribution >= 0.6 is 11.6 Å². The van der Waals surface area contributed by atoms with Crippen molar-refractivity contribution in [2.75, 3.05) is 26.2 Å². The Morgan fingerprint density at radius 1 is 1.00 bits per heavy atom. The van der Waals surface area contributed by atoms with Crippen LogP contribution in [0.1, 0.15) is 0 Å². The summed E-state index contributed by atoms with van der Waals surface area (Å²) in [6.45, 7) is 6.31. The first-order valence-electron chi connectivity index (χ1n) is 7.32. The second kappa shape index (κ2) is 9.97. The fourth-order valence-electron chi connectivity index (χ4n) is 1.79. The smallest absolute Gasteiger partial charge is 0.244 e. The van der Waals surface area contributed by atoms with Crippen LogP contribution in [0, 0.1) is 0 Å². The van der Waals surface area contributed by atoms with Gasteiger partial charge in [0, 0.05) is 18.1 Å². The summed E-state index contributed by atoms with van der Waals surface area (Å²) < 4.78 is 26.3. The van der Waals surface area contributed by atoms with E-state index >= 15 is 0 Å². The number of halogens is 1. The van der Waals surface area contributed by atoms with Gasteiger partial charge in [-0.25, -0.2) is 8.42 Å². The Morgan fingerprint density at radius 2 is 1.44 bits per heavy atom. The number of rotatable bonds is 10. The SMILES string of the molecule is C=CCNC(=O)CN(CC(=O)NCC=C)S(=O)(=O)c1ccc(Cl)cc1. The number of sulfonamides is 1. The van der Waals surface area contributed by atoms with E-state index in [1.807, 2.05) is 0 Å². The Morgan fingerprint density at radius 3 is 1.84 bits per heavy atom. The predicted octanol–water partition coefficient (Wildman–Crippen LogP) is 0.935. The van der Waals surface area contributed by atoms with E-state index in [1.54, 1.807) is 0 Å². The standard InChI is InChI=1S/C16H20ClN3O4S/c1-3-9-18-15(21)11-20(12-16(22)19-10-4-2)25(23,24)14-7-5-13(17)6-8-14/h3-8H,1-2,9-12H2,(H,18,21)(H,19,22). The van der Waals surface area contributed by atoms with Crippen LogP contribution in [0.15, 0.2) is 54.5 Å². The molecule has 0 saturated heterocycles. The minimum absolute atomic E-state index is 0.0649. The molecular formula is C16H20ClN3O4S. The Hall–Kier alpha value is -2.16. The molecule has 0 aliphatic carbocycles. The number of hydrogen-bond acceptors (Lipinski definition) is 4. The highest BCUT2D eigenvalue weighted by atomic mass is 35.5. The monoisotopic (exact) mass is 385 g/mol. The normalized spacial score (nSPS) is 11.0. The molecule has 7 nitrogen and oxygen atoms in total. The van der Waals surface area contributed by atoms with Crippen LogP contribution in [-0.2, 0) is 19.6 Å². The average Bonchev–Trinajstić information content (AvgIpc) is 2.57. The van der Waals surface area contributed by atoms with Gasteiger partial charge in [-0.3, -0.25) is 9.59 Å². The van der Waals surface area contributed by atoms with Crippen LogP contribution in [0.4, 0.5) is 0 Å². The topological polar surface area (TPSA) is 95.6 Å². The molecule has 0 fully saturated rings. The Bertz CT molecular complexity index is 706. The third-order valence-corrected chi connectivity index (χ3v) is 5.04. The van der Waals surface area contributed by atoms with Gasteiger partial charge < -0.3 is 10.6 Å². The van der Waals surface area contributed by atoms with Crippen molar-refractivity contribution < 1.29 is 18.0 Å². The summed E-state index contributed by atoms with van der Waals surface area (Å²) in [4.78, 5) is 23.7. The highest BCUT2D eigenvalue weighted by Crippen LogP contribution is 2.18. The van der Waals surface area contributed by atoms with Crippen molar-refractivity contribution in [1.29, 1.82) is 0 Å². The molecule has 0 aromatic heterocycles. The van der Waals surface area contributed by atoms with Crippen LogP contribution in [-0.4, -0.2) is 50.7 Å². The number of carbonyl (C=O) groups excluding carboxylic acids is 2. The number of carbonyl (C=O) groups is 2. The lowest BCUT2D eigenvalue weighted by atomic mass is 10.4. The van der Waals surface area contributed by atoms with Gasteiger partial charge in [-0.05, 0) is 24.3 Å². The van der Waals surface area contributed by atoms with Crippen LogP contribution in [0.3, 0.4) is 0 Å². The zero-order chi connectivity index (χ0) is 18.9. The molecule has 0 aliphatic rings. The molecule has 0 unspecified atom stereocenters. The highest BCUT2D eigenvalue weighted by molar-refractivity contribution is 7.89. The van der Waals surface area contributed by atoms with Crippen molar-refractivity contribution in [3.63, 3.8) is 0 Å². The molecule has 2 N–H and O–H groups in total. The maximum Gasteiger partial charge on any atom is 0.244 e. The van der Waals surface area contributed by atoms with E-state index < -0.39 is 34.9 Å². The zero-order valence-electron chi connectivity index (χ0n) is 13.6. The molecule has 0 atom stereocenters. The minimum atomic E-state index is -4.06. The summed E-state index contributed by atoms with van der Waals surface area (Å²) in [5.41, 5.74) is 0. The van der Waals surface area contributed by atoms with E-state index in [-0.39, 0.29) is 18.0 Å². The predicted molar refractivity (Wildman–Crippen MR) is 96.6 cm³/mol. The summed E-state index contributed by atoms with van der Waals surface area (Å²) >= 11 is 5.77. The third kappa shape index (κ3) is 6.69. The van der Waals surface area contributed by atoms with Crippen molar-refractivity contribution in [1.82, 2.24) is 14.9 Å². The van der Waals surface area contributed by atoms with E-state index in [2.05, 4.69) is 23.8 Å². The van der Waals surface area contributed by atoms with Gasteiger partial charge in [-0.1, -0.05) is 23.8 Å². The largest absolute Gasteiger partial charge is 0.351 e. The molecule has 2 amide bonds. The van der Waals surface area contributed by atoms with Gasteiger partial charge in [-0.2, -0.15) is 4.31 Å². The van der Waals surface area contributed by atoms with Crippen molar-refractivity contribution in [2.24, 2.45) is 0 Å². The molecular weight excluding hydrogens is 366 g/mol. The molecule has 0 spiro atoms. The third-order valence-electron chi connectivity index (χ3n) is 2.98. The molecule has 9 heteroatoms. The van der Waals surface area contributed by atoms with Gasteiger partial charge in [0.15, 0.2) is 0 Å². The number of nitrogens with zero attached hydrogens (tertiary/aromatic N) is 1. The molecule has 0 radical (unpaired) electrons. The van der Waals surface area contributed by atoms with Gasteiger partial charge >= 0.3 is 0 Å². The molecule has 1 rings (SSSR count). The van der Waals surface area contributed by atoms with Crippen molar-refractivity contribution in [3.8, 4) is 0 Å².